The van der Waals surface area contributed by atoms with Crippen LogP contribution in [0.15, 0.2) is 227 Å². The molecule has 13 aromatic rings. The number of nitrogens with zero attached hydrogens (tertiary/aromatic N) is 2. The Balaban J connectivity index is 0.954. The Morgan fingerprint density at radius 3 is 1.62 bits per heavy atom. The van der Waals surface area contributed by atoms with Crippen molar-refractivity contribution in [3.8, 4) is 67.3 Å². The van der Waals surface area contributed by atoms with Crippen LogP contribution >= 0.6 is 0 Å². The molecule has 0 aliphatic heterocycles. The van der Waals surface area contributed by atoms with Gasteiger partial charge in [-0.3, -0.25) is 0 Å². The lowest BCUT2D eigenvalue weighted by atomic mass is 9.91. The first-order valence-electron chi connectivity index (χ1n) is 21.6. The average molecular weight is 817 g/mol. The second kappa shape index (κ2) is 14.5. The van der Waals surface area contributed by atoms with E-state index in [2.05, 4.69) is 194 Å². The third-order valence-electron chi connectivity index (χ3n) is 12.7. The predicted molar refractivity (Wildman–Crippen MR) is 264 cm³/mol. The summed E-state index contributed by atoms with van der Waals surface area (Å²) in [5.41, 5.74) is 15.0. The molecule has 13 rings (SSSR count). The molecule has 4 heteroatoms. The lowest BCUT2D eigenvalue weighted by molar-refractivity contribution is 0.668. The van der Waals surface area contributed by atoms with Crippen molar-refractivity contribution in [3.63, 3.8) is 0 Å². The van der Waals surface area contributed by atoms with Crippen LogP contribution in [0.2, 0.25) is 0 Å². The predicted octanol–water partition coefficient (Wildman–Crippen LogP) is 16.6. The Morgan fingerprint density at radius 1 is 0.266 bits per heavy atom. The molecule has 0 radical (unpaired) electrons. The highest BCUT2D eigenvalue weighted by Gasteiger charge is 2.20. The van der Waals surface area contributed by atoms with Crippen LogP contribution < -0.4 is 0 Å². The molecule has 0 atom stereocenters. The van der Waals surface area contributed by atoms with E-state index >= 15 is 0 Å². The molecule has 0 fully saturated rings. The van der Waals surface area contributed by atoms with E-state index in [0.717, 1.165) is 111 Å². The van der Waals surface area contributed by atoms with Crippen LogP contribution in [0, 0.1) is 0 Å². The molecule has 0 spiro atoms. The summed E-state index contributed by atoms with van der Waals surface area (Å²) in [6.07, 6.45) is 0. The van der Waals surface area contributed by atoms with Crippen molar-refractivity contribution >= 4 is 65.4 Å². The fourth-order valence-corrected chi connectivity index (χ4v) is 9.64. The van der Waals surface area contributed by atoms with E-state index in [1.165, 1.54) is 16.3 Å². The first-order valence-corrected chi connectivity index (χ1v) is 21.6. The zero-order valence-corrected chi connectivity index (χ0v) is 34.5. The molecule has 0 N–H and O–H groups in total. The molecule has 0 saturated heterocycles. The lowest BCUT2D eigenvalue weighted by Gasteiger charge is -2.14. The highest BCUT2D eigenvalue weighted by molar-refractivity contribution is 6.18. The second-order valence-electron chi connectivity index (χ2n) is 16.4. The van der Waals surface area contributed by atoms with Crippen LogP contribution in [0.5, 0.6) is 0 Å². The van der Waals surface area contributed by atoms with Crippen molar-refractivity contribution < 1.29 is 8.83 Å². The van der Waals surface area contributed by atoms with Crippen molar-refractivity contribution in [3.05, 3.63) is 218 Å². The van der Waals surface area contributed by atoms with Gasteiger partial charge in [-0.1, -0.05) is 170 Å². The van der Waals surface area contributed by atoms with Gasteiger partial charge < -0.3 is 8.83 Å². The van der Waals surface area contributed by atoms with Gasteiger partial charge in [0.1, 0.15) is 22.3 Å². The molecule has 10 aromatic carbocycles. The molecule has 0 saturated carbocycles. The number of fused-ring (bicyclic) bond motifs is 8. The SMILES string of the molecule is c1ccc(-c2ccc(-c3cc(-c4ccc5ccccc5c4)nc(-c4ccc(-c5cccc6oc7cc(-c8cccc9oc%10ccccc%10c89)ccc7c56)c5ccccc45)n3)cc2)cc1. The summed E-state index contributed by atoms with van der Waals surface area (Å²) in [7, 11) is 0. The van der Waals surface area contributed by atoms with Gasteiger partial charge in [-0.2, -0.15) is 0 Å². The monoisotopic (exact) mass is 816 g/mol. The summed E-state index contributed by atoms with van der Waals surface area (Å²) in [5, 5.41) is 8.94. The van der Waals surface area contributed by atoms with Crippen LogP contribution in [0.4, 0.5) is 0 Å². The topological polar surface area (TPSA) is 52.1 Å². The second-order valence-corrected chi connectivity index (χ2v) is 16.4. The van der Waals surface area contributed by atoms with Gasteiger partial charge in [-0.05, 0) is 103 Å². The number of furan rings is 2. The van der Waals surface area contributed by atoms with E-state index in [1.807, 2.05) is 24.3 Å². The number of aromatic nitrogens is 2. The van der Waals surface area contributed by atoms with Gasteiger partial charge in [0.25, 0.3) is 0 Å². The fourth-order valence-electron chi connectivity index (χ4n) is 9.64. The van der Waals surface area contributed by atoms with Gasteiger partial charge in [-0.25, -0.2) is 9.97 Å². The van der Waals surface area contributed by atoms with Crippen LogP contribution in [0.25, 0.3) is 133 Å². The largest absolute Gasteiger partial charge is 0.456 e. The van der Waals surface area contributed by atoms with Gasteiger partial charge in [-0.15, -0.1) is 0 Å². The molecule has 64 heavy (non-hydrogen) atoms. The minimum absolute atomic E-state index is 0.676. The number of hydrogen-bond donors (Lipinski definition) is 0. The first kappa shape index (κ1) is 36.1. The molecular weight excluding hydrogens is 781 g/mol. The molecule has 3 heterocycles. The van der Waals surface area contributed by atoms with Gasteiger partial charge in [0.2, 0.25) is 0 Å². The Hall–Kier alpha value is -8.60. The Labute approximate surface area is 368 Å². The van der Waals surface area contributed by atoms with Gasteiger partial charge >= 0.3 is 0 Å². The standard InChI is InChI=1S/C60H36N2O2/c1-2-12-37(13-3-1)39-24-27-40(28-25-39)52-36-53(43-29-26-38-14-4-5-15-41(38)34-43)62-60(61-52)49-33-32-47(45-16-6-7-17-46(45)49)48-20-11-23-56-59(48)51-31-30-42(35-57(51)64-56)44-19-10-22-55-58(44)50-18-8-9-21-54(50)63-55/h1-36H. The maximum absolute atomic E-state index is 6.69. The van der Waals surface area contributed by atoms with Crippen molar-refractivity contribution in [2.45, 2.75) is 0 Å². The van der Waals surface area contributed by atoms with Gasteiger partial charge in [0, 0.05) is 38.2 Å². The number of hydrogen-bond acceptors (Lipinski definition) is 4. The maximum atomic E-state index is 6.69. The molecule has 0 unspecified atom stereocenters. The van der Waals surface area contributed by atoms with E-state index in [0.29, 0.717) is 5.82 Å². The third-order valence-corrected chi connectivity index (χ3v) is 12.7. The molecule has 4 nitrogen and oxygen atoms in total. The zero-order valence-electron chi connectivity index (χ0n) is 34.5. The van der Waals surface area contributed by atoms with Crippen LogP contribution in [0.1, 0.15) is 0 Å². The Morgan fingerprint density at radius 2 is 0.812 bits per heavy atom. The number of rotatable bonds is 6. The number of benzene rings is 10. The zero-order chi connectivity index (χ0) is 42.1. The van der Waals surface area contributed by atoms with E-state index in [4.69, 9.17) is 18.8 Å². The summed E-state index contributed by atoms with van der Waals surface area (Å²) in [6, 6.07) is 76.8. The normalized spacial score (nSPS) is 11.8. The molecule has 0 aliphatic rings. The summed E-state index contributed by atoms with van der Waals surface area (Å²) < 4.78 is 12.9. The minimum atomic E-state index is 0.676. The highest BCUT2D eigenvalue weighted by atomic mass is 16.3. The third kappa shape index (κ3) is 5.92. The lowest BCUT2D eigenvalue weighted by Crippen LogP contribution is -1.97. The summed E-state index contributed by atoms with van der Waals surface area (Å²) in [5.74, 6) is 0.676. The van der Waals surface area contributed by atoms with Crippen molar-refractivity contribution in [2.75, 3.05) is 0 Å². The number of para-hydroxylation sites is 1. The van der Waals surface area contributed by atoms with Crippen LogP contribution in [-0.2, 0) is 0 Å². The van der Waals surface area contributed by atoms with Crippen molar-refractivity contribution in [1.82, 2.24) is 9.97 Å². The summed E-state index contributed by atoms with van der Waals surface area (Å²) in [4.78, 5) is 10.7. The van der Waals surface area contributed by atoms with E-state index in [9.17, 15) is 0 Å². The fraction of sp³-hybridized carbons (Fsp3) is 0. The quantitative estimate of drug-likeness (QED) is 0.168. The molecule has 0 bridgehead atoms. The van der Waals surface area contributed by atoms with E-state index < -0.39 is 0 Å². The Kier molecular flexibility index (Phi) is 8.18. The molecule has 298 valence electrons. The smallest absolute Gasteiger partial charge is 0.161 e. The van der Waals surface area contributed by atoms with Crippen molar-refractivity contribution in [1.29, 1.82) is 0 Å². The molecule has 0 aliphatic carbocycles. The summed E-state index contributed by atoms with van der Waals surface area (Å²) >= 11 is 0. The summed E-state index contributed by atoms with van der Waals surface area (Å²) in [6.45, 7) is 0. The minimum Gasteiger partial charge on any atom is -0.456 e. The van der Waals surface area contributed by atoms with E-state index in [1.54, 1.807) is 0 Å². The molecular formula is C60H36N2O2. The average Bonchev–Trinajstić information content (AvgIpc) is 3.94. The molecule has 0 amide bonds. The van der Waals surface area contributed by atoms with E-state index in [-0.39, 0.29) is 0 Å². The Bertz CT molecular complexity index is 3950. The van der Waals surface area contributed by atoms with Crippen LogP contribution in [0.3, 0.4) is 0 Å². The van der Waals surface area contributed by atoms with Gasteiger partial charge in [0.15, 0.2) is 5.82 Å². The molecule has 3 aromatic heterocycles. The first-order chi connectivity index (χ1) is 31.7. The maximum Gasteiger partial charge on any atom is 0.161 e. The van der Waals surface area contributed by atoms with Crippen molar-refractivity contribution in [2.24, 2.45) is 0 Å². The van der Waals surface area contributed by atoms with Crippen LogP contribution in [-0.4, -0.2) is 9.97 Å². The highest BCUT2D eigenvalue weighted by Crippen LogP contribution is 2.44. The van der Waals surface area contributed by atoms with Gasteiger partial charge in [0.05, 0.1) is 11.4 Å².